The SMILES string of the molecule is OC(CNC1CCCC(C2CC2)C1)c1ccccc1. The van der Waals surface area contributed by atoms with Crippen LogP contribution < -0.4 is 5.32 Å². The van der Waals surface area contributed by atoms with Crippen LogP contribution in [-0.2, 0) is 0 Å². The Morgan fingerprint density at radius 2 is 1.84 bits per heavy atom. The lowest BCUT2D eigenvalue weighted by Crippen LogP contribution is -2.37. The smallest absolute Gasteiger partial charge is 0.0914 e. The lowest BCUT2D eigenvalue weighted by Gasteiger charge is -2.30. The van der Waals surface area contributed by atoms with Crippen LogP contribution in [0.15, 0.2) is 30.3 Å². The Labute approximate surface area is 116 Å². The third kappa shape index (κ3) is 3.58. The average Bonchev–Trinajstić information content (AvgIpc) is 3.31. The van der Waals surface area contributed by atoms with Gasteiger partial charge in [-0.1, -0.05) is 43.2 Å². The van der Waals surface area contributed by atoms with Crippen molar-refractivity contribution in [2.75, 3.05) is 6.54 Å². The molecular weight excluding hydrogens is 234 g/mol. The van der Waals surface area contributed by atoms with E-state index in [0.717, 1.165) is 17.4 Å². The molecule has 0 aromatic heterocycles. The fraction of sp³-hybridized carbons (Fsp3) is 0.647. The Morgan fingerprint density at radius 1 is 1.05 bits per heavy atom. The van der Waals surface area contributed by atoms with E-state index in [1.165, 1.54) is 38.5 Å². The Hall–Kier alpha value is -0.860. The van der Waals surface area contributed by atoms with E-state index in [4.69, 9.17) is 0 Å². The number of aliphatic hydroxyl groups excluding tert-OH is 1. The molecule has 3 atom stereocenters. The van der Waals surface area contributed by atoms with Gasteiger partial charge in [0.15, 0.2) is 0 Å². The quantitative estimate of drug-likeness (QED) is 0.850. The largest absolute Gasteiger partial charge is 0.387 e. The standard InChI is InChI=1S/C17H25NO/c19-17(14-5-2-1-3-6-14)12-18-16-8-4-7-15(11-16)13-9-10-13/h1-3,5-6,13,15-19H,4,7-12H2. The first-order valence-corrected chi connectivity index (χ1v) is 7.79. The molecule has 2 aliphatic rings. The van der Waals surface area contributed by atoms with Gasteiger partial charge in [-0.3, -0.25) is 0 Å². The molecule has 3 rings (SSSR count). The molecule has 2 saturated carbocycles. The van der Waals surface area contributed by atoms with E-state index in [2.05, 4.69) is 5.32 Å². The minimum atomic E-state index is -0.373. The number of nitrogens with one attached hydrogen (secondary N) is 1. The predicted molar refractivity (Wildman–Crippen MR) is 77.9 cm³/mol. The number of aliphatic hydroxyl groups is 1. The van der Waals surface area contributed by atoms with E-state index >= 15 is 0 Å². The van der Waals surface area contributed by atoms with Gasteiger partial charge in [0.2, 0.25) is 0 Å². The Bertz CT molecular complexity index is 388. The molecule has 19 heavy (non-hydrogen) atoms. The van der Waals surface area contributed by atoms with Crippen LogP contribution in [0.1, 0.15) is 50.2 Å². The summed E-state index contributed by atoms with van der Waals surface area (Å²) >= 11 is 0. The van der Waals surface area contributed by atoms with Crippen LogP contribution in [0.3, 0.4) is 0 Å². The van der Waals surface area contributed by atoms with E-state index in [9.17, 15) is 5.11 Å². The van der Waals surface area contributed by atoms with Gasteiger partial charge in [0.05, 0.1) is 6.10 Å². The summed E-state index contributed by atoms with van der Waals surface area (Å²) in [5.74, 6) is 1.99. The van der Waals surface area contributed by atoms with E-state index < -0.39 is 0 Å². The third-order valence-corrected chi connectivity index (χ3v) is 4.79. The Kier molecular flexibility index (Phi) is 4.19. The Balaban J connectivity index is 1.46. The first kappa shape index (κ1) is 13.1. The fourth-order valence-corrected chi connectivity index (χ4v) is 3.48. The van der Waals surface area contributed by atoms with Crippen LogP contribution >= 0.6 is 0 Å². The van der Waals surface area contributed by atoms with Gasteiger partial charge in [-0.05, 0) is 43.1 Å². The van der Waals surface area contributed by atoms with E-state index in [1.807, 2.05) is 30.3 Å². The summed E-state index contributed by atoms with van der Waals surface area (Å²) < 4.78 is 0. The zero-order chi connectivity index (χ0) is 13.1. The number of hydrogen-bond acceptors (Lipinski definition) is 2. The average molecular weight is 259 g/mol. The number of rotatable bonds is 5. The number of benzene rings is 1. The maximum Gasteiger partial charge on any atom is 0.0914 e. The topological polar surface area (TPSA) is 32.3 Å². The van der Waals surface area contributed by atoms with E-state index in [-0.39, 0.29) is 6.10 Å². The van der Waals surface area contributed by atoms with Crippen LogP contribution in [0.5, 0.6) is 0 Å². The molecule has 3 unspecified atom stereocenters. The highest BCUT2D eigenvalue weighted by atomic mass is 16.3. The summed E-state index contributed by atoms with van der Waals surface area (Å²) in [7, 11) is 0. The van der Waals surface area contributed by atoms with Gasteiger partial charge in [-0.2, -0.15) is 0 Å². The maximum atomic E-state index is 10.2. The van der Waals surface area contributed by atoms with Crippen molar-refractivity contribution in [3.63, 3.8) is 0 Å². The highest BCUT2D eigenvalue weighted by molar-refractivity contribution is 5.17. The zero-order valence-electron chi connectivity index (χ0n) is 11.6. The highest BCUT2D eigenvalue weighted by Crippen LogP contribution is 2.43. The molecule has 2 N–H and O–H groups in total. The molecule has 0 bridgehead atoms. The van der Waals surface area contributed by atoms with E-state index in [0.29, 0.717) is 12.6 Å². The lowest BCUT2D eigenvalue weighted by atomic mass is 9.82. The van der Waals surface area contributed by atoms with Crippen LogP contribution in [0.25, 0.3) is 0 Å². The molecule has 0 spiro atoms. The molecule has 2 fully saturated rings. The molecule has 0 radical (unpaired) electrons. The van der Waals surface area contributed by atoms with Gasteiger partial charge in [-0.25, -0.2) is 0 Å². The maximum absolute atomic E-state index is 10.2. The van der Waals surface area contributed by atoms with Crippen molar-refractivity contribution in [1.29, 1.82) is 0 Å². The molecule has 0 amide bonds. The van der Waals surface area contributed by atoms with Crippen molar-refractivity contribution < 1.29 is 5.11 Å². The zero-order valence-corrected chi connectivity index (χ0v) is 11.6. The second-order valence-electron chi connectivity index (χ2n) is 6.30. The second-order valence-corrected chi connectivity index (χ2v) is 6.30. The fourth-order valence-electron chi connectivity index (χ4n) is 3.48. The van der Waals surface area contributed by atoms with E-state index in [1.54, 1.807) is 0 Å². The van der Waals surface area contributed by atoms with Crippen LogP contribution in [0.2, 0.25) is 0 Å². The number of hydrogen-bond donors (Lipinski definition) is 2. The summed E-state index contributed by atoms with van der Waals surface area (Å²) in [5, 5.41) is 13.8. The Morgan fingerprint density at radius 3 is 2.58 bits per heavy atom. The molecule has 1 aromatic rings. The first-order chi connectivity index (χ1) is 9.33. The van der Waals surface area contributed by atoms with Gasteiger partial charge in [0.25, 0.3) is 0 Å². The molecule has 2 aliphatic carbocycles. The van der Waals surface area contributed by atoms with Crippen LogP contribution in [-0.4, -0.2) is 17.7 Å². The highest BCUT2D eigenvalue weighted by Gasteiger charge is 2.34. The van der Waals surface area contributed by atoms with Gasteiger partial charge in [0.1, 0.15) is 0 Å². The first-order valence-electron chi connectivity index (χ1n) is 7.79. The molecule has 2 heteroatoms. The minimum absolute atomic E-state index is 0.373. The van der Waals surface area contributed by atoms with Crippen molar-refractivity contribution in [3.8, 4) is 0 Å². The van der Waals surface area contributed by atoms with Crippen molar-refractivity contribution in [2.45, 2.75) is 50.7 Å². The van der Waals surface area contributed by atoms with Gasteiger partial charge in [-0.15, -0.1) is 0 Å². The van der Waals surface area contributed by atoms with Gasteiger partial charge >= 0.3 is 0 Å². The second kappa shape index (κ2) is 6.06. The van der Waals surface area contributed by atoms with Crippen molar-refractivity contribution in [3.05, 3.63) is 35.9 Å². The van der Waals surface area contributed by atoms with Crippen molar-refractivity contribution in [2.24, 2.45) is 11.8 Å². The van der Waals surface area contributed by atoms with Gasteiger partial charge in [0, 0.05) is 12.6 Å². The molecule has 2 nitrogen and oxygen atoms in total. The summed E-state index contributed by atoms with van der Waals surface area (Å²) in [5.41, 5.74) is 1.02. The lowest BCUT2D eigenvalue weighted by molar-refractivity contribution is 0.159. The third-order valence-electron chi connectivity index (χ3n) is 4.79. The minimum Gasteiger partial charge on any atom is -0.387 e. The normalized spacial score (nSPS) is 29.1. The monoisotopic (exact) mass is 259 g/mol. The summed E-state index contributed by atoms with van der Waals surface area (Å²) in [6.07, 6.45) is 7.96. The summed E-state index contributed by atoms with van der Waals surface area (Å²) in [6.45, 7) is 0.687. The van der Waals surface area contributed by atoms with Crippen LogP contribution in [0.4, 0.5) is 0 Å². The summed E-state index contributed by atoms with van der Waals surface area (Å²) in [4.78, 5) is 0. The summed E-state index contributed by atoms with van der Waals surface area (Å²) in [6, 6.07) is 10.6. The molecule has 104 valence electrons. The molecular formula is C17H25NO. The molecule has 0 saturated heterocycles. The molecule has 0 heterocycles. The predicted octanol–water partition coefficient (Wildman–Crippen LogP) is 3.28. The molecule has 0 aliphatic heterocycles. The van der Waals surface area contributed by atoms with Gasteiger partial charge < -0.3 is 10.4 Å². The van der Waals surface area contributed by atoms with Crippen molar-refractivity contribution >= 4 is 0 Å². The molecule has 1 aromatic carbocycles. The van der Waals surface area contributed by atoms with Crippen molar-refractivity contribution in [1.82, 2.24) is 5.32 Å². The van der Waals surface area contributed by atoms with Crippen LogP contribution in [0, 0.1) is 11.8 Å².